The first-order valence-electron chi connectivity index (χ1n) is 11.4. The molecule has 7 heteroatoms. The Balaban J connectivity index is 1.53. The lowest BCUT2D eigenvalue weighted by Gasteiger charge is -2.32. The zero-order valence-electron chi connectivity index (χ0n) is 19.7. The first kappa shape index (κ1) is 23.4. The number of fused-ring (bicyclic) bond motifs is 3. The van der Waals surface area contributed by atoms with E-state index in [1.165, 1.54) is 0 Å². The third kappa shape index (κ3) is 4.26. The van der Waals surface area contributed by atoms with E-state index in [9.17, 15) is 14.4 Å². The molecule has 2 aromatic rings. The van der Waals surface area contributed by atoms with Crippen LogP contribution < -0.4 is 10.6 Å². The van der Waals surface area contributed by atoms with Crippen molar-refractivity contribution in [1.82, 2.24) is 15.5 Å². The minimum atomic E-state index is -0.705. The highest BCUT2D eigenvalue weighted by molar-refractivity contribution is 8.01. The van der Waals surface area contributed by atoms with Crippen LogP contribution in [0.3, 0.4) is 0 Å². The number of nitrogens with one attached hydrogen (secondary N) is 2. The molecule has 0 saturated carbocycles. The summed E-state index contributed by atoms with van der Waals surface area (Å²) in [5.74, 6) is -0.767. The molecule has 2 heterocycles. The van der Waals surface area contributed by atoms with Gasteiger partial charge in [0, 0.05) is 10.3 Å². The van der Waals surface area contributed by atoms with Gasteiger partial charge in [-0.1, -0.05) is 62.4 Å². The van der Waals surface area contributed by atoms with E-state index >= 15 is 0 Å². The van der Waals surface area contributed by atoms with E-state index in [2.05, 4.69) is 10.6 Å². The number of thioether (sulfide) groups is 1. The van der Waals surface area contributed by atoms with Gasteiger partial charge in [-0.3, -0.25) is 14.4 Å². The van der Waals surface area contributed by atoms with E-state index in [0.717, 1.165) is 11.1 Å². The predicted molar refractivity (Wildman–Crippen MR) is 131 cm³/mol. The molecular formula is C26H31N3O3S. The monoisotopic (exact) mass is 465 g/mol. The summed E-state index contributed by atoms with van der Waals surface area (Å²) >= 11 is 1.62. The van der Waals surface area contributed by atoms with Crippen molar-refractivity contribution >= 4 is 29.5 Å². The largest absolute Gasteiger partial charge is 0.348 e. The van der Waals surface area contributed by atoms with Gasteiger partial charge in [0.1, 0.15) is 17.5 Å². The van der Waals surface area contributed by atoms with Crippen LogP contribution in [0.15, 0.2) is 54.6 Å². The van der Waals surface area contributed by atoms with Crippen LogP contribution in [0.4, 0.5) is 0 Å². The fourth-order valence-corrected chi connectivity index (χ4v) is 6.29. The summed E-state index contributed by atoms with van der Waals surface area (Å²) in [7, 11) is 0. The molecular weight excluding hydrogens is 434 g/mol. The molecule has 0 aromatic heterocycles. The van der Waals surface area contributed by atoms with Gasteiger partial charge in [-0.2, -0.15) is 0 Å². The fourth-order valence-electron chi connectivity index (χ4n) is 4.70. The molecule has 4 rings (SSSR count). The van der Waals surface area contributed by atoms with Gasteiger partial charge >= 0.3 is 0 Å². The molecule has 0 radical (unpaired) electrons. The molecule has 6 nitrogen and oxygen atoms in total. The molecule has 4 atom stereocenters. The zero-order chi connectivity index (χ0) is 23.9. The number of carbonyl (C=O) groups excluding carboxylic acids is 3. The van der Waals surface area contributed by atoms with Gasteiger partial charge in [0.25, 0.3) is 5.91 Å². The van der Waals surface area contributed by atoms with Crippen molar-refractivity contribution in [1.29, 1.82) is 0 Å². The first-order valence-corrected chi connectivity index (χ1v) is 12.2. The van der Waals surface area contributed by atoms with Gasteiger partial charge in [-0.05, 0) is 43.9 Å². The maximum absolute atomic E-state index is 13.6. The molecule has 2 aliphatic rings. The van der Waals surface area contributed by atoms with Crippen molar-refractivity contribution in [2.45, 2.75) is 62.9 Å². The van der Waals surface area contributed by atoms with Crippen LogP contribution in [0.5, 0.6) is 0 Å². The van der Waals surface area contributed by atoms with Gasteiger partial charge in [-0.15, -0.1) is 11.8 Å². The molecule has 2 aromatic carbocycles. The summed E-state index contributed by atoms with van der Waals surface area (Å²) in [6, 6.07) is 15.7. The standard InChI is InChI=1S/C26H31N3O3S/c1-15(2)20(22(30)27-16(3)17-11-7-6-8-12-17)28-23(31)21-26(4,5)33-25-19-14-10-9-13-18(19)24(32)29(21)25/h6-16,20-21,25H,1-5H3,(H,27,30)(H,28,31)/t16?,20-,21+,25?/m1/s1. The normalized spacial score (nSPS) is 22.5. The fraction of sp³-hybridized carbons (Fsp3) is 0.423. The molecule has 2 N–H and O–H groups in total. The highest BCUT2D eigenvalue weighted by Crippen LogP contribution is 2.56. The molecule has 0 bridgehead atoms. The number of amides is 3. The number of carbonyl (C=O) groups is 3. The first-order chi connectivity index (χ1) is 15.6. The molecule has 174 valence electrons. The molecule has 1 saturated heterocycles. The molecule has 33 heavy (non-hydrogen) atoms. The predicted octanol–water partition coefficient (Wildman–Crippen LogP) is 4.05. The SMILES string of the molecule is CC(NC(=O)[C@H](NC(=O)[C@@H]1N2C(=O)c3ccccc3C2SC1(C)C)C(C)C)c1ccccc1. The molecule has 0 spiro atoms. The summed E-state index contributed by atoms with van der Waals surface area (Å²) in [5.41, 5.74) is 2.60. The Labute approximate surface area is 199 Å². The Morgan fingerprint density at radius 2 is 1.61 bits per heavy atom. The molecule has 2 unspecified atom stereocenters. The molecule has 1 fully saturated rings. The average Bonchev–Trinajstić information content (AvgIpc) is 3.21. The summed E-state index contributed by atoms with van der Waals surface area (Å²) in [4.78, 5) is 41.6. The van der Waals surface area contributed by atoms with Gasteiger partial charge in [0.05, 0.1) is 6.04 Å². The van der Waals surface area contributed by atoms with Crippen molar-refractivity contribution in [2.75, 3.05) is 0 Å². The number of rotatable bonds is 6. The van der Waals surface area contributed by atoms with Crippen molar-refractivity contribution in [3.05, 3.63) is 71.3 Å². The smallest absolute Gasteiger partial charge is 0.256 e. The Morgan fingerprint density at radius 1 is 0.970 bits per heavy atom. The molecule has 0 aliphatic carbocycles. The Kier molecular flexibility index (Phi) is 6.27. The van der Waals surface area contributed by atoms with E-state index in [0.29, 0.717) is 5.56 Å². The van der Waals surface area contributed by atoms with E-state index in [-0.39, 0.29) is 35.1 Å². The summed E-state index contributed by atoms with van der Waals surface area (Å²) < 4.78 is -0.493. The Morgan fingerprint density at radius 3 is 2.27 bits per heavy atom. The van der Waals surface area contributed by atoms with E-state index in [1.54, 1.807) is 16.7 Å². The number of benzene rings is 2. The Hall–Kier alpha value is -2.80. The molecule has 3 amide bonds. The average molecular weight is 466 g/mol. The molecule has 2 aliphatic heterocycles. The highest BCUT2D eigenvalue weighted by Gasteiger charge is 2.57. The second kappa shape index (κ2) is 8.86. The van der Waals surface area contributed by atoms with E-state index in [4.69, 9.17) is 0 Å². The topological polar surface area (TPSA) is 78.5 Å². The van der Waals surface area contributed by atoms with Gasteiger partial charge in [-0.25, -0.2) is 0 Å². The lowest BCUT2D eigenvalue weighted by atomic mass is 9.97. The second-order valence-corrected chi connectivity index (χ2v) is 11.4. The van der Waals surface area contributed by atoms with Gasteiger partial charge < -0.3 is 15.5 Å². The summed E-state index contributed by atoms with van der Waals surface area (Å²) in [6.07, 6.45) is 0. The van der Waals surface area contributed by atoms with Crippen LogP contribution in [0, 0.1) is 5.92 Å². The maximum atomic E-state index is 13.6. The summed E-state index contributed by atoms with van der Waals surface area (Å²) in [6.45, 7) is 9.71. The minimum absolute atomic E-state index is 0.114. The van der Waals surface area contributed by atoms with Crippen LogP contribution in [0.25, 0.3) is 0 Å². The lowest BCUT2D eigenvalue weighted by molar-refractivity contribution is -0.133. The van der Waals surface area contributed by atoms with Crippen LogP contribution in [-0.2, 0) is 9.59 Å². The van der Waals surface area contributed by atoms with Crippen molar-refractivity contribution < 1.29 is 14.4 Å². The highest BCUT2D eigenvalue weighted by atomic mass is 32.2. The number of nitrogens with zero attached hydrogens (tertiary/aromatic N) is 1. The van der Waals surface area contributed by atoms with Crippen molar-refractivity contribution in [2.24, 2.45) is 5.92 Å². The van der Waals surface area contributed by atoms with Crippen molar-refractivity contribution in [3.63, 3.8) is 0 Å². The van der Waals surface area contributed by atoms with E-state index in [1.807, 2.05) is 89.2 Å². The lowest BCUT2D eigenvalue weighted by Crippen LogP contribution is -2.58. The van der Waals surface area contributed by atoms with Gasteiger partial charge in [0.15, 0.2) is 0 Å². The maximum Gasteiger partial charge on any atom is 0.256 e. The van der Waals surface area contributed by atoms with E-state index < -0.39 is 16.8 Å². The van der Waals surface area contributed by atoms with Crippen LogP contribution in [0.2, 0.25) is 0 Å². The zero-order valence-corrected chi connectivity index (χ0v) is 20.5. The second-order valence-electron chi connectivity index (χ2n) is 9.65. The van der Waals surface area contributed by atoms with Crippen molar-refractivity contribution in [3.8, 4) is 0 Å². The van der Waals surface area contributed by atoms with Crippen LogP contribution >= 0.6 is 11.8 Å². The Bertz CT molecular complexity index is 1070. The third-order valence-corrected chi connectivity index (χ3v) is 7.99. The number of hydrogen-bond acceptors (Lipinski definition) is 4. The quantitative estimate of drug-likeness (QED) is 0.675. The minimum Gasteiger partial charge on any atom is -0.348 e. The third-order valence-electron chi connectivity index (χ3n) is 6.45. The number of hydrogen-bond donors (Lipinski definition) is 2. The van der Waals surface area contributed by atoms with Crippen LogP contribution in [0.1, 0.15) is 67.5 Å². The van der Waals surface area contributed by atoms with Crippen LogP contribution in [-0.4, -0.2) is 39.5 Å². The summed E-state index contributed by atoms with van der Waals surface area (Å²) in [5, 5.41) is 5.81. The van der Waals surface area contributed by atoms with Gasteiger partial charge in [0.2, 0.25) is 11.8 Å².